The lowest BCUT2D eigenvalue weighted by Gasteiger charge is -2.26. The molecule has 0 spiro atoms. The molecule has 0 atom stereocenters. The molecule has 0 unspecified atom stereocenters. The maximum atomic E-state index is 12.8. The van der Waals surface area contributed by atoms with Gasteiger partial charge in [-0.1, -0.05) is 24.6 Å². The first-order valence-corrected chi connectivity index (χ1v) is 11.1. The largest absolute Gasteiger partial charge is 0.270 e. The van der Waals surface area contributed by atoms with E-state index in [-0.39, 0.29) is 10.5 Å². The van der Waals surface area contributed by atoms with Gasteiger partial charge in [0.1, 0.15) is 0 Å². The molecule has 1 saturated heterocycles. The van der Waals surface area contributed by atoms with E-state index >= 15 is 0 Å². The Morgan fingerprint density at radius 3 is 2.29 bits per heavy atom. The second-order valence-corrected chi connectivity index (χ2v) is 9.17. The van der Waals surface area contributed by atoms with Crippen molar-refractivity contribution in [3.63, 3.8) is 0 Å². The summed E-state index contributed by atoms with van der Waals surface area (Å²) in [5.41, 5.74) is 5.16. The van der Waals surface area contributed by atoms with Crippen molar-refractivity contribution in [1.82, 2.24) is 15.2 Å². The van der Waals surface area contributed by atoms with Crippen LogP contribution in [0.5, 0.6) is 0 Å². The Bertz CT molecular complexity index is 988. The number of hydrazine groups is 1. The molecule has 28 heavy (non-hydrogen) atoms. The van der Waals surface area contributed by atoms with E-state index in [1.807, 2.05) is 0 Å². The quantitative estimate of drug-likeness (QED) is 0.678. The highest BCUT2D eigenvalue weighted by Gasteiger charge is 2.26. The maximum Gasteiger partial charge on any atom is 0.270 e. The molecule has 2 aromatic rings. The van der Waals surface area contributed by atoms with E-state index in [0.717, 1.165) is 19.3 Å². The predicted octanol–water partition coefficient (Wildman–Crippen LogP) is 2.70. The van der Waals surface area contributed by atoms with Crippen molar-refractivity contribution in [2.45, 2.75) is 24.2 Å². The summed E-state index contributed by atoms with van der Waals surface area (Å²) in [6, 6.07) is 12.6. The van der Waals surface area contributed by atoms with E-state index in [2.05, 4.69) is 26.8 Å². The van der Waals surface area contributed by atoms with Crippen molar-refractivity contribution < 1.29 is 18.0 Å². The van der Waals surface area contributed by atoms with Gasteiger partial charge in [-0.15, -0.1) is 0 Å². The molecule has 0 aromatic heterocycles. The van der Waals surface area contributed by atoms with E-state index in [0.29, 0.717) is 23.1 Å². The molecule has 2 amide bonds. The van der Waals surface area contributed by atoms with Gasteiger partial charge in [-0.05, 0) is 59.1 Å². The summed E-state index contributed by atoms with van der Waals surface area (Å²) < 4.78 is 27.6. The molecular formula is C19H20BrN3O4S. The van der Waals surface area contributed by atoms with E-state index in [1.165, 1.54) is 28.6 Å². The molecular weight excluding hydrogens is 446 g/mol. The lowest BCUT2D eigenvalue weighted by Crippen LogP contribution is -2.41. The molecule has 3 rings (SSSR count). The van der Waals surface area contributed by atoms with E-state index in [1.54, 1.807) is 24.3 Å². The number of nitrogens with zero attached hydrogens (tertiary/aromatic N) is 1. The standard InChI is InChI=1S/C19H20BrN3O4S/c20-17-10-3-2-9-16(17)19(25)22-21-18(24)14-7-6-8-15(13-14)28(26,27)23-11-4-1-5-12-23/h2-3,6-10,13H,1,4-5,11-12H2,(H,21,24)(H,22,25). The van der Waals surface area contributed by atoms with E-state index in [4.69, 9.17) is 0 Å². The molecule has 0 radical (unpaired) electrons. The number of piperidine rings is 1. The molecule has 1 aliphatic rings. The molecule has 148 valence electrons. The second kappa shape index (κ2) is 8.85. The summed E-state index contributed by atoms with van der Waals surface area (Å²) >= 11 is 3.27. The lowest BCUT2D eigenvalue weighted by molar-refractivity contribution is 0.0846. The topological polar surface area (TPSA) is 95.6 Å². The summed E-state index contributed by atoms with van der Waals surface area (Å²) in [5, 5.41) is 0. The summed E-state index contributed by atoms with van der Waals surface area (Å²) in [6.07, 6.45) is 2.69. The maximum absolute atomic E-state index is 12.8. The lowest BCUT2D eigenvalue weighted by atomic mass is 10.2. The van der Waals surface area contributed by atoms with Crippen LogP contribution in [0.4, 0.5) is 0 Å². The van der Waals surface area contributed by atoms with Gasteiger partial charge in [0.05, 0.1) is 10.5 Å². The number of sulfonamides is 1. The number of rotatable bonds is 4. The van der Waals surface area contributed by atoms with Crippen LogP contribution in [0, 0.1) is 0 Å². The highest BCUT2D eigenvalue weighted by molar-refractivity contribution is 9.10. The zero-order chi connectivity index (χ0) is 20.1. The summed E-state index contributed by atoms with van der Waals surface area (Å²) in [7, 11) is -3.64. The van der Waals surface area contributed by atoms with Crippen LogP contribution >= 0.6 is 15.9 Å². The number of nitrogens with one attached hydrogen (secondary N) is 2. The van der Waals surface area contributed by atoms with Crippen molar-refractivity contribution in [2.75, 3.05) is 13.1 Å². The van der Waals surface area contributed by atoms with Gasteiger partial charge < -0.3 is 0 Å². The number of carbonyl (C=O) groups is 2. The van der Waals surface area contributed by atoms with Gasteiger partial charge in [0.2, 0.25) is 10.0 Å². The minimum absolute atomic E-state index is 0.0687. The van der Waals surface area contributed by atoms with Crippen molar-refractivity contribution >= 4 is 37.8 Å². The fourth-order valence-electron chi connectivity index (χ4n) is 2.95. The molecule has 2 N–H and O–H groups in total. The predicted molar refractivity (Wildman–Crippen MR) is 108 cm³/mol. The molecule has 1 fully saturated rings. The molecule has 0 aliphatic carbocycles. The third-order valence-corrected chi connectivity index (χ3v) is 7.04. The zero-order valence-electron chi connectivity index (χ0n) is 15.0. The number of benzene rings is 2. The third kappa shape index (κ3) is 4.60. The summed E-state index contributed by atoms with van der Waals surface area (Å²) in [4.78, 5) is 24.6. The minimum Gasteiger partial charge on any atom is -0.267 e. The van der Waals surface area contributed by atoms with Crippen LogP contribution in [-0.2, 0) is 10.0 Å². The van der Waals surface area contributed by atoms with Gasteiger partial charge in [-0.25, -0.2) is 8.42 Å². The Labute approximate surface area is 172 Å². The molecule has 9 heteroatoms. The smallest absolute Gasteiger partial charge is 0.267 e. The fraction of sp³-hybridized carbons (Fsp3) is 0.263. The van der Waals surface area contributed by atoms with Crippen molar-refractivity contribution in [2.24, 2.45) is 0 Å². The molecule has 1 aliphatic heterocycles. The van der Waals surface area contributed by atoms with Gasteiger partial charge in [-0.2, -0.15) is 4.31 Å². The van der Waals surface area contributed by atoms with Gasteiger partial charge in [0, 0.05) is 23.1 Å². The summed E-state index contributed by atoms with van der Waals surface area (Å²) in [6.45, 7) is 0.974. The van der Waals surface area contributed by atoms with Crippen LogP contribution in [0.2, 0.25) is 0 Å². The van der Waals surface area contributed by atoms with Gasteiger partial charge in [0.25, 0.3) is 11.8 Å². The fourth-order valence-corrected chi connectivity index (χ4v) is 4.98. The SMILES string of the molecule is O=C(NNC(=O)c1ccccc1Br)c1cccc(S(=O)(=O)N2CCCCC2)c1. The number of carbonyl (C=O) groups excluding carboxylic acids is 2. The van der Waals surface area contributed by atoms with Crippen LogP contribution in [0.15, 0.2) is 57.9 Å². The molecule has 1 heterocycles. The molecule has 0 saturated carbocycles. The Morgan fingerprint density at radius 1 is 0.893 bits per heavy atom. The highest BCUT2D eigenvalue weighted by atomic mass is 79.9. The Balaban J connectivity index is 1.70. The van der Waals surface area contributed by atoms with E-state index < -0.39 is 21.8 Å². The highest BCUT2D eigenvalue weighted by Crippen LogP contribution is 2.21. The second-order valence-electron chi connectivity index (χ2n) is 6.38. The molecule has 2 aromatic carbocycles. The van der Waals surface area contributed by atoms with Crippen molar-refractivity contribution in [3.8, 4) is 0 Å². The molecule has 7 nitrogen and oxygen atoms in total. The van der Waals surface area contributed by atoms with Crippen LogP contribution in [-0.4, -0.2) is 37.6 Å². The number of hydrogen-bond donors (Lipinski definition) is 2. The number of amides is 2. The molecule has 0 bridgehead atoms. The first kappa shape index (κ1) is 20.5. The van der Waals surface area contributed by atoms with Crippen molar-refractivity contribution in [3.05, 3.63) is 64.1 Å². The Kier molecular flexibility index (Phi) is 6.48. The summed E-state index contributed by atoms with van der Waals surface area (Å²) in [5.74, 6) is -1.09. The first-order chi connectivity index (χ1) is 13.4. The Hall–Kier alpha value is -2.23. The average Bonchev–Trinajstić information content (AvgIpc) is 2.73. The first-order valence-electron chi connectivity index (χ1n) is 8.85. The van der Waals surface area contributed by atoms with Gasteiger partial charge >= 0.3 is 0 Å². The average molecular weight is 466 g/mol. The van der Waals surface area contributed by atoms with E-state index in [9.17, 15) is 18.0 Å². The number of hydrogen-bond acceptors (Lipinski definition) is 4. The van der Waals surface area contributed by atoms with Crippen LogP contribution in [0.1, 0.15) is 40.0 Å². The van der Waals surface area contributed by atoms with Crippen LogP contribution < -0.4 is 10.9 Å². The normalized spacial score (nSPS) is 15.0. The van der Waals surface area contributed by atoms with Gasteiger partial charge in [-0.3, -0.25) is 20.4 Å². The number of halogens is 1. The zero-order valence-corrected chi connectivity index (χ0v) is 17.4. The van der Waals surface area contributed by atoms with Crippen LogP contribution in [0.25, 0.3) is 0 Å². The van der Waals surface area contributed by atoms with Crippen molar-refractivity contribution in [1.29, 1.82) is 0 Å². The monoisotopic (exact) mass is 465 g/mol. The third-order valence-electron chi connectivity index (χ3n) is 4.46. The van der Waals surface area contributed by atoms with Gasteiger partial charge in [0.15, 0.2) is 0 Å². The minimum atomic E-state index is -3.64. The van der Waals surface area contributed by atoms with Crippen LogP contribution in [0.3, 0.4) is 0 Å². The Morgan fingerprint density at radius 2 is 1.57 bits per heavy atom.